The maximum atomic E-state index is 14.9. The average Bonchev–Trinajstić information content (AvgIpc) is 3.65. The minimum absolute atomic E-state index is 0.0835. The van der Waals surface area contributed by atoms with Gasteiger partial charge in [0.1, 0.15) is 23.7 Å². The van der Waals surface area contributed by atoms with E-state index in [1.165, 1.54) is 18.8 Å². The lowest BCUT2D eigenvalue weighted by Gasteiger charge is -2.37. The number of rotatable bonds is 26. The van der Waals surface area contributed by atoms with Gasteiger partial charge in [0.15, 0.2) is 0 Å². The number of hydrogen-bond acceptors (Lipinski definition) is 11. The molecule has 15 heteroatoms. The number of ether oxygens (including phenoxy) is 2. The highest BCUT2D eigenvalue weighted by molar-refractivity contribution is 8.00. The Labute approximate surface area is 479 Å². The van der Waals surface area contributed by atoms with Gasteiger partial charge in [-0.15, -0.1) is 23.5 Å². The van der Waals surface area contributed by atoms with Gasteiger partial charge in [-0.1, -0.05) is 208 Å². The van der Waals surface area contributed by atoms with Crippen LogP contribution in [0.25, 0.3) is 0 Å². The van der Waals surface area contributed by atoms with E-state index in [2.05, 4.69) is 52.3 Å². The Morgan fingerprint density at radius 2 is 0.988 bits per heavy atom. The molecule has 6 aromatic rings. The molecule has 0 radical (unpaired) electrons. The van der Waals surface area contributed by atoms with Gasteiger partial charge in [-0.3, -0.25) is 24.0 Å². The molecule has 0 heterocycles. The number of carbonyl (C=O) groups is 6. The van der Waals surface area contributed by atoms with E-state index in [1.807, 2.05) is 152 Å². The third-order valence-electron chi connectivity index (χ3n) is 13.3. The second-order valence-electron chi connectivity index (χ2n) is 20.6. The van der Waals surface area contributed by atoms with E-state index in [9.17, 15) is 33.9 Å². The van der Waals surface area contributed by atoms with E-state index in [1.54, 1.807) is 52.5 Å². The summed E-state index contributed by atoms with van der Waals surface area (Å²) >= 11 is 3.16. The standard InChI is InChI=1S/C65H74N4O9S2/c1-46(2)58(61(75)69(6)62(76)77-7)68-60(74)55(45-80-65(50-34-20-11-21-35-50,51-36-22-12-23-37-51)52-38-24-13-25-39-52)67-59(73)54(41-42-57(72)78-63(3,4)5)66-56(71)44-53(70)40-26-27-43-79-64(47-28-14-8-15-29-47,48-30-16-9-17-31-48)49-32-18-10-19-33-49/h8-26,28-40,46,53-55,58,70H,27,41-45H2,1-7H3,(H,66,71)(H,67,73)(H,68,74)/t53-,54-,55-,58-/m1/s1. The number of aliphatic hydroxyl groups is 1. The normalized spacial score (nSPS) is 13.3. The van der Waals surface area contributed by atoms with Crippen molar-refractivity contribution in [2.75, 3.05) is 25.7 Å². The van der Waals surface area contributed by atoms with E-state index in [0.29, 0.717) is 12.2 Å². The highest BCUT2D eigenvalue weighted by atomic mass is 32.2. The summed E-state index contributed by atoms with van der Waals surface area (Å²) < 4.78 is 8.90. The quantitative estimate of drug-likeness (QED) is 0.0176. The van der Waals surface area contributed by atoms with Crippen LogP contribution in [0, 0.1) is 5.92 Å². The number of carbonyl (C=O) groups excluding carboxylic acids is 6. The maximum absolute atomic E-state index is 14.9. The highest BCUT2D eigenvalue weighted by Gasteiger charge is 2.41. The first-order valence-corrected chi connectivity index (χ1v) is 28.8. The van der Waals surface area contributed by atoms with E-state index in [4.69, 9.17) is 9.47 Å². The Kier molecular flexibility index (Phi) is 22.9. The smallest absolute Gasteiger partial charge is 0.416 e. The molecule has 0 aromatic heterocycles. The van der Waals surface area contributed by atoms with Crippen molar-refractivity contribution < 1.29 is 43.3 Å². The number of likely N-dealkylation sites (N-methyl/N-ethyl adjacent to an activating group) is 1. The molecule has 0 saturated carbocycles. The summed E-state index contributed by atoms with van der Waals surface area (Å²) in [5.41, 5.74) is 5.18. The Balaban J connectivity index is 1.26. The Morgan fingerprint density at radius 1 is 0.588 bits per heavy atom. The van der Waals surface area contributed by atoms with Crippen LogP contribution in [0.4, 0.5) is 4.79 Å². The van der Waals surface area contributed by atoms with Crippen LogP contribution in [-0.2, 0) is 42.9 Å². The molecule has 0 aliphatic heterocycles. The number of aliphatic hydroxyl groups excluding tert-OH is 1. The lowest BCUT2D eigenvalue weighted by molar-refractivity contribution is -0.155. The predicted octanol–water partition coefficient (Wildman–Crippen LogP) is 10.6. The molecule has 13 nitrogen and oxygen atoms in total. The molecule has 4 atom stereocenters. The highest BCUT2D eigenvalue weighted by Crippen LogP contribution is 2.50. The molecule has 4 N–H and O–H groups in total. The second-order valence-corrected chi connectivity index (χ2v) is 23.2. The van der Waals surface area contributed by atoms with Crippen LogP contribution < -0.4 is 16.0 Å². The van der Waals surface area contributed by atoms with E-state index < -0.39 is 87.4 Å². The average molecular weight is 1120 g/mol. The fourth-order valence-electron chi connectivity index (χ4n) is 9.37. The molecule has 5 amide bonds. The van der Waals surface area contributed by atoms with Crippen molar-refractivity contribution in [1.29, 1.82) is 0 Å². The van der Waals surface area contributed by atoms with Gasteiger partial charge in [0.2, 0.25) is 17.7 Å². The monoisotopic (exact) mass is 1120 g/mol. The number of imide groups is 1. The molecule has 420 valence electrons. The van der Waals surface area contributed by atoms with Gasteiger partial charge in [0.25, 0.3) is 5.91 Å². The van der Waals surface area contributed by atoms with Gasteiger partial charge in [-0.2, -0.15) is 0 Å². The molecule has 0 saturated heterocycles. The van der Waals surface area contributed by atoms with Crippen LogP contribution >= 0.6 is 23.5 Å². The van der Waals surface area contributed by atoms with E-state index in [0.717, 1.165) is 45.4 Å². The van der Waals surface area contributed by atoms with Crippen molar-refractivity contribution in [2.45, 2.75) is 99.6 Å². The van der Waals surface area contributed by atoms with Gasteiger partial charge in [-0.25, -0.2) is 9.69 Å². The summed E-state index contributed by atoms with van der Waals surface area (Å²) in [7, 11) is 2.39. The maximum Gasteiger partial charge on any atom is 0.416 e. The van der Waals surface area contributed by atoms with Crippen LogP contribution in [0.15, 0.2) is 194 Å². The fourth-order valence-corrected chi connectivity index (χ4v) is 12.4. The first-order chi connectivity index (χ1) is 38.4. The molecule has 0 aliphatic carbocycles. The second kappa shape index (κ2) is 29.7. The third-order valence-corrected chi connectivity index (χ3v) is 16.5. The largest absolute Gasteiger partial charge is 0.460 e. The predicted molar refractivity (Wildman–Crippen MR) is 319 cm³/mol. The number of nitrogens with one attached hydrogen (secondary N) is 3. The van der Waals surface area contributed by atoms with Crippen molar-refractivity contribution in [3.8, 4) is 0 Å². The van der Waals surface area contributed by atoms with Gasteiger partial charge < -0.3 is 30.5 Å². The van der Waals surface area contributed by atoms with Crippen molar-refractivity contribution in [1.82, 2.24) is 20.9 Å². The summed E-state index contributed by atoms with van der Waals surface area (Å²) in [6.45, 7) is 8.57. The SMILES string of the molecule is COC(=O)N(C)C(=O)[C@H](NC(=O)[C@@H](CSC(c1ccccc1)(c1ccccc1)c1ccccc1)NC(=O)[C@@H](CCC(=O)OC(C)(C)C)NC(=O)C[C@H](O)C=CCCSC(c1ccccc1)(c1ccccc1)c1ccccc1)C(C)C. The number of allylic oxidation sites excluding steroid dienone is 1. The molecular formula is C65H74N4O9S2. The zero-order chi connectivity index (χ0) is 57.7. The Hall–Kier alpha value is -7.46. The summed E-state index contributed by atoms with van der Waals surface area (Å²) in [6, 6.07) is 56.3. The summed E-state index contributed by atoms with van der Waals surface area (Å²) in [5.74, 6) is -3.52. The molecule has 0 spiro atoms. The molecular weight excluding hydrogens is 1040 g/mol. The Bertz CT molecular complexity index is 2770. The zero-order valence-corrected chi connectivity index (χ0v) is 48.2. The van der Waals surface area contributed by atoms with E-state index in [-0.39, 0.29) is 18.6 Å². The molecule has 0 aliphatic rings. The minimum Gasteiger partial charge on any atom is -0.460 e. The van der Waals surface area contributed by atoms with Gasteiger partial charge in [0, 0.05) is 19.2 Å². The molecule has 6 rings (SSSR count). The number of amides is 5. The number of hydrogen-bond donors (Lipinski definition) is 4. The summed E-state index contributed by atoms with van der Waals surface area (Å²) in [4.78, 5) is 84.0. The Morgan fingerprint density at radius 3 is 1.38 bits per heavy atom. The van der Waals surface area contributed by atoms with Crippen LogP contribution in [0.2, 0.25) is 0 Å². The number of thioether (sulfide) groups is 2. The lowest BCUT2D eigenvalue weighted by Crippen LogP contribution is -2.59. The zero-order valence-electron chi connectivity index (χ0n) is 46.6. The van der Waals surface area contributed by atoms with Crippen molar-refractivity contribution in [3.05, 3.63) is 228 Å². The lowest BCUT2D eigenvalue weighted by atomic mass is 9.84. The van der Waals surface area contributed by atoms with Crippen molar-refractivity contribution >= 4 is 59.2 Å². The molecule has 0 unspecified atom stereocenters. The van der Waals surface area contributed by atoms with Gasteiger partial charge in [0.05, 0.1) is 29.1 Å². The van der Waals surface area contributed by atoms with Crippen LogP contribution in [0.5, 0.6) is 0 Å². The summed E-state index contributed by atoms with van der Waals surface area (Å²) in [6.07, 6.45) is 0.882. The van der Waals surface area contributed by atoms with E-state index >= 15 is 0 Å². The third kappa shape index (κ3) is 16.6. The van der Waals surface area contributed by atoms with Crippen LogP contribution in [-0.4, -0.2) is 101 Å². The van der Waals surface area contributed by atoms with Crippen molar-refractivity contribution in [3.63, 3.8) is 0 Å². The molecule has 80 heavy (non-hydrogen) atoms. The van der Waals surface area contributed by atoms with Gasteiger partial charge in [-0.05, 0) is 78.7 Å². The number of esters is 1. The number of nitrogens with zero attached hydrogens (tertiary/aromatic N) is 1. The van der Waals surface area contributed by atoms with Crippen LogP contribution in [0.3, 0.4) is 0 Å². The first kappa shape index (κ1) is 61.7. The minimum atomic E-state index is -1.39. The fraction of sp³-hybridized carbons (Fsp3) is 0.323. The number of benzene rings is 6. The molecule has 0 bridgehead atoms. The molecule has 0 fully saturated rings. The summed E-state index contributed by atoms with van der Waals surface area (Å²) in [5, 5.41) is 19.7. The topological polar surface area (TPSA) is 180 Å². The van der Waals surface area contributed by atoms with Gasteiger partial charge >= 0.3 is 12.1 Å². The van der Waals surface area contributed by atoms with Crippen LogP contribution in [0.1, 0.15) is 93.7 Å². The van der Waals surface area contributed by atoms with Crippen molar-refractivity contribution in [2.24, 2.45) is 5.92 Å². The molecule has 6 aromatic carbocycles. The first-order valence-electron chi connectivity index (χ1n) is 26.8. The number of methoxy groups -OCH3 is 1.